The number of benzene rings is 2. The molecule has 1 aliphatic carbocycles. The lowest BCUT2D eigenvalue weighted by Crippen LogP contribution is -2.25. The van der Waals surface area contributed by atoms with E-state index < -0.39 is 23.4 Å². The van der Waals surface area contributed by atoms with Crippen LogP contribution in [-0.2, 0) is 9.68 Å². The van der Waals surface area contributed by atoms with E-state index in [-0.39, 0.29) is 48.6 Å². The first-order chi connectivity index (χ1) is 25.1. The maximum Gasteiger partial charge on any atom is 0.278 e. The molecule has 5 N–H and O–H groups in total. The maximum atomic E-state index is 14.8. The van der Waals surface area contributed by atoms with Crippen LogP contribution in [0.15, 0.2) is 60.8 Å². The van der Waals surface area contributed by atoms with Gasteiger partial charge in [0.2, 0.25) is 0 Å². The number of carbonyl (C=O) groups is 2. The van der Waals surface area contributed by atoms with Gasteiger partial charge in [0, 0.05) is 35.7 Å². The van der Waals surface area contributed by atoms with E-state index in [1.54, 1.807) is 36.5 Å². The van der Waals surface area contributed by atoms with Crippen molar-refractivity contribution < 1.29 is 33.2 Å². The van der Waals surface area contributed by atoms with E-state index in [9.17, 15) is 18.4 Å². The number of nitrogens with zero attached hydrogens (tertiary/aromatic N) is 2. The van der Waals surface area contributed by atoms with Gasteiger partial charge < -0.3 is 15.7 Å². The van der Waals surface area contributed by atoms with Gasteiger partial charge in [-0.2, -0.15) is 0 Å². The monoisotopic (exact) mass is 968 g/mol. The summed E-state index contributed by atoms with van der Waals surface area (Å²) in [5.41, 5.74) is 7.54. The number of aryl methyl sites for hydroxylation is 1. The van der Waals surface area contributed by atoms with Gasteiger partial charge in [-0.3, -0.25) is 19.3 Å². The summed E-state index contributed by atoms with van der Waals surface area (Å²) < 4.78 is 31.0. The fourth-order valence-electron chi connectivity index (χ4n) is 5.69. The molecule has 4 heterocycles. The van der Waals surface area contributed by atoms with Crippen molar-refractivity contribution in [2.75, 3.05) is 30.5 Å². The zero-order valence-electron chi connectivity index (χ0n) is 27.1. The SMILES string of the molecule is Cc1ccnc2sc(Nc3ccc(I)cc3F)c(C(=O)NOCC3CC3c3ccc4c(C(=O)NOCCO)c(Nc5ccc(I)cc5F)sc4n3)c12. The molecule has 0 bridgehead atoms. The molecule has 52 heavy (non-hydrogen) atoms. The lowest BCUT2D eigenvalue weighted by atomic mass is 10.1. The Kier molecular flexibility index (Phi) is 11.2. The highest BCUT2D eigenvalue weighted by atomic mass is 127. The summed E-state index contributed by atoms with van der Waals surface area (Å²) in [6, 6.07) is 15.0. The van der Waals surface area contributed by atoms with E-state index in [1.807, 2.05) is 64.2 Å². The van der Waals surface area contributed by atoms with E-state index >= 15 is 0 Å². The van der Waals surface area contributed by atoms with E-state index in [1.165, 1.54) is 34.8 Å². The molecular formula is C35H28F2I2N6O5S2. The molecule has 268 valence electrons. The van der Waals surface area contributed by atoms with Crippen molar-refractivity contribution in [1.82, 2.24) is 20.9 Å². The van der Waals surface area contributed by atoms with Crippen molar-refractivity contribution in [2.45, 2.75) is 19.3 Å². The van der Waals surface area contributed by atoms with Crippen molar-refractivity contribution in [3.8, 4) is 0 Å². The van der Waals surface area contributed by atoms with Crippen LogP contribution in [0.1, 0.15) is 44.3 Å². The van der Waals surface area contributed by atoms with E-state index in [2.05, 4.69) is 26.6 Å². The molecule has 11 nitrogen and oxygen atoms in total. The van der Waals surface area contributed by atoms with Gasteiger partial charge in [-0.25, -0.2) is 29.7 Å². The highest BCUT2D eigenvalue weighted by molar-refractivity contribution is 14.1. The van der Waals surface area contributed by atoms with E-state index in [0.717, 1.165) is 24.8 Å². The Labute approximate surface area is 330 Å². The molecule has 17 heteroatoms. The summed E-state index contributed by atoms with van der Waals surface area (Å²) in [6.45, 7) is 1.74. The third-order valence-corrected chi connectivity index (χ3v) is 11.7. The van der Waals surface area contributed by atoms with Crippen molar-refractivity contribution >= 4 is 121 Å². The van der Waals surface area contributed by atoms with Crippen LogP contribution in [0.3, 0.4) is 0 Å². The Balaban J connectivity index is 1.06. The number of thiophene rings is 2. The minimum absolute atomic E-state index is 0.0492. The Morgan fingerprint density at radius 1 is 0.885 bits per heavy atom. The van der Waals surface area contributed by atoms with Crippen molar-refractivity contribution in [3.63, 3.8) is 0 Å². The first-order valence-corrected chi connectivity index (χ1v) is 19.6. The lowest BCUT2D eigenvalue weighted by molar-refractivity contribution is 0.0170. The molecule has 2 unspecified atom stereocenters. The highest BCUT2D eigenvalue weighted by Crippen LogP contribution is 2.48. The van der Waals surface area contributed by atoms with Crippen LogP contribution in [-0.4, -0.2) is 46.7 Å². The number of hydrogen-bond acceptors (Lipinski definition) is 11. The molecule has 2 aromatic carbocycles. The fourth-order valence-corrected chi connectivity index (χ4v) is 8.82. The van der Waals surface area contributed by atoms with Gasteiger partial charge >= 0.3 is 0 Å². The zero-order chi connectivity index (χ0) is 36.5. The van der Waals surface area contributed by atoms with Crippen LogP contribution in [0.25, 0.3) is 20.4 Å². The summed E-state index contributed by atoms with van der Waals surface area (Å²) >= 11 is 6.52. The molecule has 1 aliphatic rings. The Morgan fingerprint density at radius 3 is 2.19 bits per heavy atom. The standard InChI is InChI=1S/C35H28F2I2N6O5S2/c1-16-8-9-40-33-27(16)29(35(52-33)43-26-6-3-19(39)14-23(26)37)31(48)45-50-15-17-12-21(17)24-7-4-20-28(30(47)44-49-11-10-46)34(51-32(20)41-24)42-25-5-2-18(38)13-22(25)36/h2-9,13-14,17,21,42-43,46H,10-12,15H2,1H3,(H,44,47)(H,45,48). The molecule has 7 rings (SSSR count). The number of carbonyl (C=O) groups excluding carboxylic acids is 2. The largest absolute Gasteiger partial charge is 0.394 e. The molecule has 6 aromatic rings. The molecule has 0 spiro atoms. The minimum atomic E-state index is -0.567. The van der Waals surface area contributed by atoms with Gasteiger partial charge in [0.25, 0.3) is 11.8 Å². The molecular weight excluding hydrogens is 940 g/mol. The number of aromatic nitrogens is 2. The number of hydrogen-bond donors (Lipinski definition) is 5. The maximum absolute atomic E-state index is 14.8. The second-order valence-electron chi connectivity index (χ2n) is 11.9. The number of halogens is 4. The average Bonchev–Trinajstić information content (AvgIpc) is 3.64. The number of fused-ring (bicyclic) bond motifs is 2. The first kappa shape index (κ1) is 36.7. The van der Waals surface area contributed by atoms with Crippen LogP contribution in [0.2, 0.25) is 0 Å². The van der Waals surface area contributed by atoms with Crippen LogP contribution >= 0.6 is 67.9 Å². The molecule has 1 saturated carbocycles. The normalized spacial score (nSPS) is 15.2. The quantitative estimate of drug-likeness (QED) is 0.0439. The molecule has 0 saturated heterocycles. The molecule has 0 aliphatic heterocycles. The summed E-state index contributed by atoms with van der Waals surface area (Å²) in [7, 11) is 0. The summed E-state index contributed by atoms with van der Waals surface area (Å²) in [5.74, 6) is -1.84. The number of nitrogens with one attached hydrogen (secondary N) is 4. The average molecular weight is 969 g/mol. The number of amides is 2. The molecule has 2 atom stereocenters. The number of aliphatic hydroxyl groups is 1. The second kappa shape index (κ2) is 15.8. The topological polar surface area (TPSA) is 147 Å². The van der Waals surface area contributed by atoms with Gasteiger partial charge in [-0.15, -0.1) is 0 Å². The number of pyridine rings is 2. The first-order valence-electron chi connectivity index (χ1n) is 15.8. The number of anilines is 4. The van der Waals surface area contributed by atoms with Gasteiger partial charge in [-0.1, -0.05) is 22.7 Å². The van der Waals surface area contributed by atoms with Gasteiger partial charge in [-0.05, 0) is 125 Å². The van der Waals surface area contributed by atoms with Crippen molar-refractivity contribution in [1.29, 1.82) is 0 Å². The predicted octanol–water partition coefficient (Wildman–Crippen LogP) is 8.31. The van der Waals surface area contributed by atoms with Gasteiger partial charge in [0.1, 0.15) is 31.3 Å². The summed E-state index contributed by atoms with van der Waals surface area (Å²) in [5, 5.41) is 17.2. The Hall–Kier alpha value is -3.60. The summed E-state index contributed by atoms with van der Waals surface area (Å²) in [4.78, 5) is 48.0. The smallest absolute Gasteiger partial charge is 0.278 e. The molecule has 4 aromatic heterocycles. The van der Waals surface area contributed by atoms with Crippen LogP contribution in [0.5, 0.6) is 0 Å². The van der Waals surface area contributed by atoms with Crippen LogP contribution in [0.4, 0.5) is 30.2 Å². The Bertz CT molecular complexity index is 2340. The molecule has 2 amide bonds. The predicted molar refractivity (Wildman–Crippen MR) is 214 cm³/mol. The molecule has 1 fully saturated rings. The van der Waals surface area contributed by atoms with Crippen molar-refractivity contribution in [3.05, 3.63) is 102 Å². The fraction of sp³-hybridized carbons (Fsp3) is 0.200. The van der Waals surface area contributed by atoms with E-state index in [4.69, 9.17) is 19.8 Å². The van der Waals surface area contributed by atoms with E-state index in [0.29, 0.717) is 36.0 Å². The number of hydroxylamine groups is 2. The second-order valence-corrected chi connectivity index (χ2v) is 16.3. The number of aliphatic hydroxyl groups excluding tert-OH is 1. The molecule has 0 radical (unpaired) electrons. The Morgan fingerprint density at radius 2 is 1.52 bits per heavy atom. The lowest BCUT2D eigenvalue weighted by Gasteiger charge is -2.10. The van der Waals surface area contributed by atoms with Gasteiger partial charge in [0.15, 0.2) is 0 Å². The van der Waals surface area contributed by atoms with Crippen LogP contribution in [0, 0.1) is 31.6 Å². The summed E-state index contributed by atoms with van der Waals surface area (Å²) in [6.07, 6.45) is 2.44. The van der Waals surface area contributed by atoms with Crippen LogP contribution < -0.4 is 21.6 Å². The third-order valence-electron chi connectivity index (χ3n) is 8.31. The minimum Gasteiger partial charge on any atom is -0.394 e. The third kappa shape index (κ3) is 7.85. The van der Waals surface area contributed by atoms with Crippen molar-refractivity contribution in [2.24, 2.45) is 5.92 Å². The highest BCUT2D eigenvalue weighted by Gasteiger charge is 2.40. The number of rotatable bonds is 13. The van der Waals surface area contributed by atoms with Gasteiger partial charge in [0.05, 0.1) is 42.3 Å². The zero-order valence-corrected chi connectivity index (χ0v) is 33.0.